The molecule has 3 heteroatoms. The summed E-state index contributed by atoms with van der Waals surface area (Å²) in [5.74, 6) is 0. The van der Waals surface area contributed by atoms with E-state index in [0.717, 1.165) is 5.56 Å². The highest BCUT2D eigenvalue weighted by atomic mass is 32.2. The quantitative estimate of drug-likeness (QED) is 0.726. The van der Waals surface area contributed by atoms with Gasteiger partial charge in [0.05, 0.1) is 12.1 Å². The van der Waals surface area contributed by atoms with Crippen molar-refractivity contribution in [2.24, 2.45) is 5.73 Å². The van der Waals surface area contributed by atoms with Gasteiger partial charge in [0, 0.05) is 4.90 Å². The van der Waals surface area contributed by atoms with Crippen molar-refractivity contribution in [1.82, 2.24) is 0 Å². The summed E-state index contributed by atoms with van der Waals surface area (Å²) < 4.78 is 0. The molecule has 2 nitrogen and oxygen atoms in total. The number of thioether (sulfide) groups is 1. The fourth-order valence-electron chi connectivity index (χ4n) is 1.10. The third-order valence-corrected chi connectivity index (χ3v) is 2.76. The standard InChI is InChI=1S/C10H15NOS/c1-7(12)10(11)8-3-5-9(13-2)6-4-8/h3-7,10,12H,11H2,1-2H3/t7-,10-/m0/s1. The van der Waals surface area contributed by atoms with E-state index < -0.39 is 6.10 Å². The Bertz CT molecular complexity index is 258. The summed E-state index contributed by atoms with van der Waals surface area (Å²) in [6.07, 6.45) is 1.53. The van der Waals surface area contributed by atoms with Crippen molar-refractivity contribution in [3.8, 4) is 0 Å². The molecule has 0 amide bonds. The third-order valence-electron chi connectivity index (χ3n) is 2.02. The maximum Gasteiger partial charge on any atom is 0.0704 e. The summed E-state index contributed by atoms with van der Waals surface area (Å²) in [6.45, 7) is 1.70. The molecule has 0 saturated carbocycles. The van der Waals surface area contributed by atoms with Crippen LogP contribution in [0.2, 0.25) is 0 Å². The van der Waals surface area contributed by atoms with Gasteiger partial charge in [-0.2, -0.15) is 0 Å². The van der Waals surface area contributed by atoms with Crippen LogP contribution in [-0.4, -0.2) is 17.5 Å². The molecule has 1 rings (SSSR count). The summed E-state index contributed by atoms with van der Waals surface area (Å²) in [6, 6.07) is 7.67. The number of nitrogens with two attached hydrogens (primary N) is 1. The second kappa shape index (κ2) is 4.65. The Morgan fingerprint density at radius 2 is 1.85 bits per heavy atom. The van der Waals surface area contributed by atoms with E-state index in [9.17, 15) is 5.11 Å². The molecule has 3 N–H and O–H groups in total. The van der Waals surface area contributed by atoms with Gasteiger partial charge < -0.3 is 10.8 Å². The van der Waals surface area contributed by atoms with E-state index in [1.165, 1.54) is 4.90 Å². The maximum atomic E-state index is 9.27. The third kappa shape index (κ3) is 2.72. The van der Waals surface area contributed by atoms with E-state index in [4.69, 9.17) is 5.73 Å². The molecule has 0 aromatic heterocycles. The van der Waals surface area contributed by atoms with Gasteiger partial charge in [0.1, 0.15) is 0 Å². The van der Waals surface area contributed by atoms with Crippen molar-refractivity contribution in [2.45, 2.75) is 24.0 Å². The fourth-order valence-corrected chi connectivity index (χ4v) is 1.51. The predicted molar refractivity (Wildman–Crippen MR) is 56.8 cm³/mol. The molecule has 0 heterocycles. The predicted octanol–water partition coefficient (Wildman–Crippen LogP) is 1.79. The minimum absolute atomic E-state index is 0.282. The number of aliphatic hydroxyl groups excluding tert-OH is 1. The van der Waals surface area contributed by atoms with Crippen molar-refractivity contribution in [3.63, 3.8) is 0 Å². The van der Waals surface area contributed by atoms with Crippen LogP contribution in [0, 0.1) is 0 Å². The molecule has 0 saturated heterocycles. The molecule has 0 aliphatic heterocycles. The van der Waals surface area contributed by atoms with Crippen molar-refractivity contribution >= 4 is 11.8 Å². The van der Waals surface area contributed by atoms with Crippen LogP contribution in [0.15, 0.2) is 29.2 Å². The van der Waals surface area contributed by atoms with Gasteiger partial charge in [0.15, 0.2) is 0 Å². The molecule has 0 radical (unpaired) electrons. The molecule has 0 spiro atoms. The van der Waals surface area contributed by atoms with Crippen LogP contribution in [0.4, 0.5) is 0 Å². The number of rotatable bonds is 3. The SMILES string of the molecule is CSc1ccc([C@@H](N)[C@H](C)O)cc1. The van der Waals surface area contributed by atoms with Crippen molar-refractivity contribution < 1.29 is 5.11 Å². The van der Waals surface area contributed by atoms with Gasteiger partial charge in [0.25, 0.3) is 0 Å². The molecular weight excluding hydrogens is 182 g/mol. The van der Waals surface area contributed by atoms with Crippen LogP contribution >= 0.6 is 11.8 Å². The first-order valence-electron chi connectivity index (χ1n) is 4.22. The molecule has 72 valence electrons. The van der Waals surface area contributed by atoms with E-state index in [0.29, 0.717) is 0 Å². The average molecular weight is 197 g/mol. The van der Waals surface area contributed by atoms with E-state index in [2.05, 4.69) is 0 Å². The summed E-state index contributed by atoms with van der Waals surface area (Å²) in [5, 5.41) is 9.27. The van der Waals surface area contributed by atoms with Gasteiger partial charge in [-0.15, -0.1) is 11.8 Å². The summed E-state index contributed by atoms with van der Waals surface area (Å²) in [4.78, 5) is 1.21. The van der Waals surface area contributed by atoms with Crippen LogP contribution in [0.1, 0.15) is 18.5 Å². The van der Waals surface area contributed by atoms with E-state index >= 15 is 0 Å². The van der Waals surface area contributed by atoms with Crippen LogP contribution < -0.4 is 5.73 Å². The minimum atomic E-state index is -0.500. The number of benzene rings is 1. The molecule has 1 aromatic carbocycles. The van der Waals surface area contributed by atoms with Crippen LogP contribution in [-0.2, 0) is 0 Å². The van der Waals surface area contributed by atoms with Crippen molar-refractivity contribution in [3.05, 3.63) is 29.8 Å². The zero-order valence-corrected chi connectivity index (χ0v) is 8.71. The largest absolute Gasteiger partial charge is 0.391 e. The number of hydrogen-bond acceptors (Lipinski definition) is 3. The molecule has 0 unspecified atom stereocenters. The molecule has 1 aromatic rings. The average Bonchev–Trinajstić information content (AvgIpc) is 2.17. The summed E-state index contributed by atoms with van der Waals surface area (Å²) in [5.41, 5.74) is 6.75. The van der Waals surface area contributed by atoms with E-state index in [-0.39, 0.29) is 6.04 Å². The normalized spacial score (nSPS) is 15.4. The van der Waals surface area contributed by atoms with E-state index in [1.54, 1.807) is 18.7 Å². The second-order valence-electron chi connectivity index (χ2n) is 3.04. The zero-order valence-electron chi connectivity index (χ0n) is 7.90. The monoisotopic (exact) mass is 197 g/mol. The molecule has 2 atom stereocenters. The first-order chi connectivity index (χ1) is 6.15. The lowest BCUT2D eigenvalue weighted by atomic mass is 10.0. The summed E-state index contributed by atoms with van der Waals surface area (Å²) >= 11 is 1.69. The number of aliphatic hydroxyl groups is 1. The molecule has 0 aliphatic carbocycles. The molecule has 0 bridgehead atoms. The first-order valence-corrected chi connectivity index (χ1v) is 5.45. The lowest BCUT2D eigenvalue weighted by Gasteiger charge is -2.14. The highest BCUT2D eigenvalue weighted by molar-refractivity contribution is 7.98. The minimum Gasteiger partial charge on any atom is -0.391 e. The fraction of sp³-hybridized carbons (Fsp3) is 0.400. The molecule has 13 heavy (non-hydrogen) atoms. The van der Waals surface area contributed by atoms with Crippen molar-refractivity contribution in [1.29, 1.82) is 0 Å². The second-order valence-corrected chi connectivity index (χ2v) is 3.92. The lowest BCUT2D eigenvalue weighted by Crippen LogP contribution is -2.22. The van der Waals surface area contributed by atoms with Gasteiger partial charge >= 0.3 is 0 Å². The highest BCUT2D eigenvalue weighted by Gasteiger charge is 2.10. The Morgan fingerprint density at radius 1 is 1.31 bits per heavy atom. The Morgan fingerprint density at radius 3 is 2.23 bits per heavy atom. The van der Waals surface area contributed by atoms with Gasteiger partial charge in [-0.3, -0.25) is 0 Å². The topological polar surface area (TPSA) is 46.2 Å². The molecule has 0 aliphatic rings. The van der Waals surface area contributed by atoms with Gasteiger partial charge in [-0.05, 0) is 30.9 Å². The van der Waals surface area contributed by atoms with Gasteiger partial charge in [-0.1, -0.05) is 12.1 Å². The summed E-state index contributed by atoms with van der Waals surface area (Å²) in [7, 11) is 0. The Hall–Kier alpha value is -0.510. The first kappa shape index (κ1) is 10.6. The Labute approximate surface area is 83.1 Å². The lowest BCUT2D eigenvalue weighted by molar-refractivity contribution is 0.164. The van der Waals surface area contributed by atoms with E-state index in [1.807, 2.05) is 30.5 Å². The molecule has 0 fully saturated rings. The van der Waals surface area contributed by atoms with Gasteiger partial charge in [-0.25, -0.2) is 0 Å². The smallest absolute Gasteiger partial charge is 0.0704 e. The Balaban J connectivity index is 2.79. The highest BCUT2D eigenvalue weighted by Crippen LogP contribution is 2.19. The zero-order chi connectivity index (χ0) is 9.84. The van der Waals surface area contributed by atoms with Gasteiger partial charge in [0.2, 0.25) is 0 Å². The van der Waals surface area contributed by atoms with Crippen LogP contribution in [0.3, 0.4) is 0 Å². The maximum absolute atomic E-state index is 9.27. The van der Waals surface area contributed by atoms with Crippen molar-refractivity contribution in [2.75, 3.05) is 6.26 Å². The molecular formula is C10H15NOS. The number of hydrogen-bond donors (Lipinski definition) is 2. The van der Waals surface area contributed by atoms with Crippen LogP contribution in [0.25, 0.3) is 0 Å². The van der Waals surface area contributed by atoms with Crippen LogP contribution in [0.5, 0.6) is 0 Å². The Kier molecular flexibility index (Phi) is 3.78.